The van der Waals surface area contributed by atoms with Crippen molar-refractivity contribution >= 4 is 35.2 Å². The van der Waals surface area contributed by atoms with Gasteiger partial charge >= 0.3 is 0 Å². The van der Waals surface area contributed by atoms with Crippen LogP contribution in [0.15, 0.2) is 30.5 Å². The number of carbonyl (C=O) groups excluding carboxylic acids is 3. The van der Waals surface area contributed by atoms with Crippen LogP contribution in [-0.2, 0) is 33.8 Å². The molecule has 2 N–H and O–H groups in total. The molecule has 0 saturated carbocycles. The average Bonchev–Trinajstić information content (AvgIpc) is 3.34. The topological polar surface area (TPSA) is 98.2 Å². The second kappa shape index (κ2) is 7.61. The molecule has 1 atom stereocenters. The Morgan fingerprint density at radius 3 is 2.94 bits per heavy atom. The SMILES string of the molecule is CCc1cccc2c1/C(=C\C=[N+]1CCc3cn[nH]c3C1)C(=O)N2C1CCC(=O)NC1=O. The van der Waals surface area contributed by atoms with Crippen LogP contribution in [0.2, 0.25) is 0 Å². The van der Waals surface area contributed by atoms with E-state index in [4.69, 9.17) is 0 Å². The first-order valence-electron chi connectivity index (χ1n) is 10.7. The third kappa shape index (κ3) is 3.28. The number of imide groups is 1. The zero-order valence-corrected chi connectivity index (χ0v) is 17.4. The number of anilines is 1. The first-order chi connectivity index (χ1) is 15.1. The fourth-order valence-electron chi connectivity index (χ4n) is 4.68. The van der Waals surface area contributed by atoms with Gasteiger partial charge < -0.3 is 0 Å². The Morgan fingerprint density at radius 2 is 2.13 bits per heavy atom. The van der Waals surface area contributed by atoms with Crippen molar-refractivity contribution in [3.63, 3.8) is 0 Å². The molecule has 3 amide bonds. The molecule has 31 heavy (non-hydrogen) atoms. The third-order valence-corrected chi connectivity index (χ3v) is 6.30. The number of allylic oxidation sites excluding steroid dienone is 1. The van der Waals surface area contributed by atoms with Gasteiger partial charge in [0.15, 0.2) is 12.8 Å². The number of aromatic amines is 1. The molecule has 3 aliphatic heterocycles. The maximum absolute atomic E-state index is 13.5. The molecule has 3 aliphatic rings. The van der Waals surface area contributed by atoms with Gasteiger partial charge in [-0.05, 0) is 24.5 Å². The lowest BCUT2D eigenvalue weighted by molar-refractivity contribution is -0.543. The van der Waals surface area contributed by atoms with Crippen LogP contribution in [-0.4, -0.2) is 51.3 Å². The van der Waals surface area contributed by atoms with Crippen molar-refractivity contribution in [3.05, 3.63) is 52.9 Å². The van der Waals surface area contributed by atoms with E-state index in [-0.39, 0.29) is 18.2 Å². The summed E-state index contributed by atoms with van der Waals surface area (Å²) in [6.07, 6.45) is 7.94. The third-order valence-electron chi connectivity index (χ3n) is 6.30. The predicted molar refractivity (Wildman–Crippen MR) is 115 cm³/mol. The number of rotatable bonds is 3. The summed E-state index contributed by atoms with van der Waals surface area (Å²) in [6, 6.07) is 5.14. The van der Waals surface area contributed by atoms with Crippen LogP contribution in [0, 0.1) is 0 Å². The Balaban J connectivity index is 1.54. The molecule has 158 valence electrons. The Kier molecular flexibility index (Phi) is 4.77. The van der Waals surface area contributed by atoms with Crippen LogP contribution < -0.4 is 10.2 Å². The highest BCUT2D eigenvalue weighted by Gasteiger charge is 2.42. The minimum atomic E-state index is -0.676. The highest BCUT2D eigenvalue weighted by molar-refractivity contribution is 6.35. The second-order valence-corrected chi connectivity index (χ2v) is 8.13. The number of aromatic nitrogens is 2. The number of aryl methyl sites for hydroxylation is 1. The van der Waals surface area contributed by atoms with Crippen molar-refractivity contribution in [2.75, 3.05) is 11.4 Å². The lowest BCUT2D eigenvalue weighted by Gasteiger charge is -2.30. The van der Waals surface area contributed by atoms with E-state index in [1.54, 1.807) is 4.90 Å². The van der Waals surface area contributed by atoms with Gasteiger partial charge in [0.25, 0.3) is 5.91 Å². The summed E-state index contributed by atoms with van der Waals surface area (Å²) in [5, 5.41) is 9.52. The number of piperidine rings is 1. The fourth-order valence-corrected chi connectivity index (χ4v) is 4.68. The van der Waals surface area contributed by atoms with E-state index < -0.39 is 11.9 Å². The monoisotopic (exact) mass is 418 g/mol. The number of benzene rings is 1. The van der Waals surface area contributed by atoms with Crippen LogP contribution in [0.5, 0.6) is 0 Å². The van der Waals surface area contributed by atoms with Crippen molar-refractivity contribution in [2.24, 2.45) is 0 Å². The second-order valence-electron chi connectivity index (χ2n) is 8.13. The Hall–Kier alpha value is -3.55. The summed E-state index contributed by atoms with van der Waals surface area (Å²) < 4.78 is 2.16. The number of fused-ring (bicyclic) bond motifs is 2. The molecule has 1 saturated heterocycles. The first-order valence-corrected chi connectivity index (χ1v) is 10.7. The lowest BCUT2D eigenvalue weighted by atomic mass is 9.98. The molecule has 1 unspecified atom stereocenters. The molecule has 8 heteroatoms. The predicted octanol–water partition coefficient (Wildman–Crippen LogP) is 1.35. The lowest BCUT2D eigenvalue weighted by Crippen LogP contribution is -2.53. The maximum Gasteiger partial charge on any atom is 0.259 e. The molecule has 1 fully saturated rings. The zero-order valence-electron chi connectivity index (χ0n) is 17.4. The van der Waals surface area contributed by atoms with Gasteiger partial charge in [0.05, 0.1) is 17.5 Å². The van der Waals surface area contributed by atoms with Crippen molar-refractivity contribution in [1.29, 1.82) is 0 Å². The maximum atomic E-state index is 13.5. The zero-order chi connectivity index (χ0) is 21.5. The van der Waals surface area contributed by atoms with Gasteiger partial charge in [-0.15, -0.1) is 0 Å². The number of H-pyrrole nitrogens is 1. The van der Waals surface area contributed by atoms with E-state index in [1.807, 2.05) is 36.7 Å². The van der Waals surface area contributed by atoms with Crippen LogP contribution in [0.3, 0.4) is 0 Å². The summed E-state index contributed by atoms with van der Waals surface area (Å²) in [4.78, 5) is 39.2. The molecule has 4 heterocycles. The molecule has 1 aromatic heterocycles. The Labute approximate surface area is 179 Å². The smallest absolute Gasteiger partial charge is 0.259 e. The van der Waals surface area contributed by atoms with E-state index in [9.17, 15) is 14.4 Å². The average molecular weight is 418 g/mol. The molecule has 0 radical (unpaired) electrons. The highest BCUT2D eigenvalue weighted by Crippen LogP contribution is 2.41. The summed E-state index contributed by atoms with van der Waals surface area (Å²) in [6.45, 7) is 3.62. The minimum absolute atomic E-state index is 0.194. The molecular weight excluding hydrogens is 394 g/mol. The van der Waals surface area contributed by atoms with Crippen LogP contribution in [0.1, 0.15) is 42.1 Å². The highest BCUT2D eigenvalue weighted by atomic mass is 16.2. The number of amides is 3. The van der Waals surface area contributed by atoms with E-state index in [0.717, 1.165) is 41.9 Å². The molecular formula is C23H24N5O3+. The number of carbonyl (C=O) groups is 3. The van der Waals surface area contributed by atoms with Gasteiger partial charge in [0.2, 0.25) is 11.8 Å². The van der Waals surface area contributed by atoms with Gasteiger partial charge in [-0.1, -0.05) is 19.1 Å². The minimum Gasteiger partial charge on any atom is -0.295 e. The summed E-state index contributed by atoms with van der Waals surface area (Å²) >= 11 is 0. The van der Waals surface area contributed by atoms with Gasteiger partial charge in [0.1, 0.15) is 18.3 Å². The van der Waals surface area contributed by atoms with Crippen molar-refractivity contribution in [2.45, 2.75) is 45.2 Å². The van der Waals surface area contributed by atoms with E-state index in [0.29, 0.717) is 18.5 Å². The molecule has 1 aromatic carbocycles. The van der Waals surface area contributed by atoms with E-state index in [2.05, 4.69) is 27.0 Å². The normalized spacial score (nSPS) is 23.3. The molecule has 0 bridgehead atoms. The van der Waals surface area contributed by atoms with Crippen LogP contribution >= 0.6 is 0 Å². The number of hydrogen-bond acceptors (Lipinski definition) is 4. The number of hydrogen-bond donors (Lipinski definition) is 2. The number of nitrogens with one attached hydrogen (secondary N) is 2. The molecule has 5 rings (SSSR count). The summed E-state index contributed by atoms with van der Waals surface area (Å²) in [7, 11) is 0. The Bertz CT molecular complexity index is 1160. The molecule has 0 spiro atoms. The Morgan fingerprint density at radius 1 is 1.26 bits per heavy atom. The van der Waals surface area contributed by atoms with Crippen molar-refractivity contribution in [3.8, 4) is 0 Å². The molecule has 0 aliphatic carbocycles. The quantitative estimate of drug-likeness (QED) is 0.447. The largest absolute Gasteiger partial charge is 0.295 e. The standard InChI is InChI=1S/C23H23N5O3/c1-2-14-4-3-5-18-21(14)16(9-11-27-10-8-15-12-24-26-17(15)13-27)23(31)28(18)19-6-7-20(29)25-22(19)30/h3-5,9,11-12,19H,2,6-8,10,13H2,1H3,(H-,24,25,26,29,30)/p+1. The van der Waals surface area contributed by atoms with Crippen LogP contribution in [0.4, 0.5) is 5.69 Å². The van der Waals surface area contributed by atoms with E-state index >= 15 is 0 Å². The van der Waals surface area contributed by atoms with Crippen molar-refractivity contribution < 1.29 is 19.0 Å². The van der Waals surface area contributed by atoms with Crippen LogP contribution in [0.25, 0.3) is 5.57 Å². The van der Waals surface area contributed by atoms with Gasteiger partial charge in [-0.3, -0.25) is 29.7 Å². The molecule has 8 nitrogen and oxygen atoms in total. The summed E-state index contributed by atoms with van der Waals surface area (Å²) in [5.74, 6) is -0.894. The van der Waals surface area contributed by atoms with Crippen molar-refractivity contribution in [1.82, 2.24) is 15.5 Å². The van der Waals surface area contributed by atoms with Gasteiger partial charge in [-0.2, -0.15) is 5.10 Å². The fraction of sp³-hybridized carbons (Fsp3) is 0.348. The number of nitrogens with zero attached hydrogens (tertiary/aromatic N) is 3. The first kappa shape index (κ1) is 19.4. The van der Waals surface area contributed by atoms with Gasteiger partial charge in [0, 0.05) is 30.0 Å². The molecule has 2 aromatic rings. The summed E-state index contributed by atoms with van der Waals surface area (Å²) in [5.41, 5.74) is 5.61. The van der Waals surface area contributed by atoms with Gasteiger partial charge in [-0.25, -0.2) is 4.58 Å². The van der Waals surface area contributed by atoms with E-state index in [1.165, 1.54) is 5.56 Å².